The minimum Gasteiger partial charge on any atom is -0.384 e. The lowest BCUT2D eigenvalue weighted by molar-refractivity contribution is -0.385. The highest BCUT2D eigenvalue weighted by molar-refractivity contribution is 7.99. The van der Waals surface area contributed by atoms with E-state index in [0.717, 1.165) is 17.7 Å². The van der Waals surface area contributed by atoms with Gasteiger partial charge in [0, 0.05) is 24.1 Å². The van der Waals surface area contributed by atoms with Gasteiger partial charge in [-0.2, -0.15) is 11.8 Å². The number of rotatable bonds is 2. The Morgan fingerprint density at radius 1 is 1.68 bits per heavy atom. The Morgan fingerprint density at radius 3 is 3.05 bits per heavy atom. The fourth-order valence-corrected chi connectivity index (χ4v) is 2.98. The van der Waals surface area contributed by atoms with Crippen LogP contribution >= 0.6 is 11.8 Å². The lowest BCUT2D eigenvalue weighted by atomic mass is 10.1. The second-order valence-corrected chi connectivity index (χ2v) is 5.46. The van der Waals surface area contributed by atoms with Crippen molar-refractivity contribution >= 4 is 29.2 Å². The summed E-state index contributed by atoms with van der Waals surface area (Å²) >= 11 is 1.77. The van der Waals surface area contributed by atoms with Crippen molar-refractivity contribution in [3.8, 4) is 0 Å². The first-order valence-electron chi connectivity index (χ1n) is 5.79. The summed E-state index contributed by atoms with van der Waals surface area (Å²) < 4.78 is 0. The Labute approximate surface area is 114 Å². The molecule has 1 aromatic rings. The molecule has 2 heterocycles. The van der Waals surface area contributed by atoms with Crippen LogP contribution in [0.1, 0.15) is 17.3 Å². The minimum absolute atomic E-state index is 0.0104. The summed E-state index contributed by atoms with van der Waals surface area (Å²) in [5, 5.41) is 11.0. The molecule has 1 aliphatic rings. The maximum atomic E-state index is 12.4. The van der Waals surface area contributed by atoms with Gasteiger partial charge in [-0.1, -0.05) is 0 Å². The van der Waals surface area contributed by atoms with E-state index < -0.39 is 4.92 Å². The number of amides is 1. The van der Waals surface area contributed by atoms with E-state index in [2.05, 4.69) is 4.98 Å². The van der Waals surface area contributed by atoms with Crippen LogP contribution in [0.3, 0.4) is 0 Å². The van der Waals surface area contributed by atoms with Crippen LogP contribution in [-0.4, -0.2) is 44.8 Å². The normalized spacial score (nSPS) is 19.2. The molecule has 1 saturated heterocycles. The summed E-state index contributed by atoms with van der Waals surface area (Å²) in [6, 6.07) is 1.33. The average molecular weight is 282 g/mol. The van der Waals surface area contributed by atoms with Gasteiger partial charge in [-0.05, 0) is 13.0 Å². The van der Waals surface area contributed by atoms with E-state index in [1.807, 2.05) is 6.92 Å². The first-order valence-corrected chi connectivity index (χ1v) is 6.95. The fourth-order valence-electron chi connectivity index (χ4n) is 1.96. The van der Waals surface area contributed by atoms with Gasteiger partial charge >= 0.3 is 0 Å². The van der Waals surface area contributed by atoms with Crippen LogP contribution in [0.5, 0.6) is 0 Å². The summed E-state index contributed by atoms with van der Waals surface area (Å²) in [5.41, 5.74) is 5.23. The van der Waals surface area contributed by atoms with Crippen LogP contribution < -0.4 is 5.73 Å². The maximum absolute atomic E-state index is 12.4. The van der Waals surface area contributed by atoms with Crippen molar-refractivity contribution in [1.82, 2.24) is 9.88 Å². The van der Waals surface area contributed by atoms with Crippen LogP contribution in [0.4, 0.5) is 11.5 Å². The van der Waals surface area contributed by atoms with Crippen molar-refractivity contribution in [3.63, 3.8) is 0 Å². The number of carbonyl (C=O) groups excluding carboxylic acids is 1. The predicted octanol–water partition coefficient (Wildman–Crippen LogP) is 1.15. The molecule has 1 aliphatic heterocycles. The van der Waals surface area contributed by atoms with Crippen molar-refractivity contribution in [3.05, 3.63) is 27.9 Å². The van der Waals surface area contributed by atoms with E-state index in [9.17, 15) is 14.9 Å². The minimum atomic E-state index is -0.608. The zero-order valence-electron chi connectivity index (χ0n) is 10.4. The number of nitrogens with zero attached hydrogens (tertiary/aromatic N) is 3. The monoisotopic (exact) mass is 282 g/mol. The molecule has 0 saturated carbocycles. The average Bonchev–Trinajstić information content (AvgIpc) is 2.38. The molecule has 8 heteroatoms. The largest absolute Gasteiger partial charge is 0.384 e. The predicted molar refractivity (Wildman–Crippen MR) is 73.1 cm³/mol. The summed E-state index contributed by atoms with van der Waals surface area (Å²) in [4.78, 5) is 28.1. The van der Waals surface area contributed by atoms with E-state index in [4.69, 9.17) is 5.73 Å². The van der Waals surface area contributed by atoms with Gasteiger partial charge in [-0.15, -0.1) is 0 Å². The highest BCUT2D eigenvalue weighted by atomic mass is 32.2. The fraction of sp³-hybridized carbons (Fsp3) is 0.455. The van der Waals surface area contributed by atoms with Gasteiger partial charge in [0.15, 0.2) is 0 Å². The summed E-state index contributed by atoms with van der Waals surface area (Å²) in [6.45, 7) is 2.52. The molecule has 1 atom stereocenters. The molecule has 1 aromatic heterocycles. The van der Waals surface area contributed by atoms with Crippen LogP contribution in [0.25, 0.3) is 0 Å². The molecule has 1 amide bonds. The van der Waals surface area contributed by atoms with Crippen LogP contribution in [0, 0.1) is 10.1 Å². The Bertz CT molecular complexity index is 523. The Morgan fingerprint density at radius 2 is 2.42 bits per heavy atom. The first kappa shape index (κ1) is 13.6. The number of hydrogen-bond acceptors (Lipinski definition) is 6. The number of hydrogen-bond donors (Lipinski definition) is 1. The molecule has 7 nitrogen and oxygen atoms in total. The number of nitro groups is 1. The molecule has 0 spiro atoms. The third-order valence-electron chi connectivity index (χ3n) is 2.96. The standard InChI is InChI=1S/C11H14N4O3S/c1-7-6-19-3-2-14(7)11(16)8-4-10(12)13-5-9(8)15(17)18/h4-5,7H,2-3,6H2,1H3,(H2,12,13). The zero-order valence-corrected chi connectivity index (χ0v) is 11.2. The van der Waals surface area contributed by atoms with Gasteiger partial charge in [0.1, 0.15) is 17.6 Å². The van der Waals surface area contributed by atoms with E-state index in [0.29, 0.717) is 6.54 Å². The van der Waals surface area contributed by atoms with Crippen LogP contribution in [-0.2, 0) is 0 Å². The Hall–Kier alpha value is -1.83. The lowest BCUT2D eigenvalue weighted by Gasteiger charge is -2.32. The van der Waals surface area contributed by atoms with E-state index in [-0.39, 0.29) is 29.0 Å². The number of thioether (sulfide) groups is 1. The highest BCUT2D eigenvalue weighted by Gasteiger charge is 2.29. The number of nitrogen functional groups attached to an aromatic ring is 1. The molecule has 1 unspecified atom stereocenters. The van der Waals surface area contributed by atoms with Gasteiger partial charge < -0.3 is 10.6 Å². The topological polar surface area (TPSA) is 102 Å². The molecule has 1 fully saturated rings. The Kier molecular flexibility index (Phi) is 3.89. The van der Waals surface area contributed by atoms with Gasteiger partial charge in [0.25, 0.3) is 11.6 Å². The smallest absolute Gasteiger partial charge is 0.300 e. The third kappa shape index (κ3) is 2.78. The zero-order chi connectivity index (χ0) is 14.0. The second-order valence-electron chi connectivity index (χ2n) is 4.31. The van der Waals surface area contributed by atoms with Gasteiger partial charge in [-0.25, -0.2) is 4.98 Å². The molecule has 2 rings (SSSR count). The molecule has 102 valence electrons. The van der Waals surface area contributed by atoms with E-state index in [1.165, 1.54) is 6.07 Å². The quantitative estimate of drug-likeness (QED) is 0.644. The van der Waals surface area contributed by atoms with E-state index in [1.54, 1.807) is 16.7 Å². The number of aromatic nitrogens is 1. The molecule has 0 radical (unpaired) electrons. The van der Waals surface area contributed by atoms with Gasteiger partial charge in [0.05, 0.1) is 4.92 Å². The van der Waals surface area contributed by atoms with Crippen LogP contribution in [0.2, 0.25) is 0 Å². The first-order chi connectivity index (χ1) is 9.00. The van der Waals surface area contributed by atoms with Gasteiger partial charge in [-0.3, -0.25) is 14.9 Å². The SMILES string of the molecule is CC1CSCCN1C(=O)c1cc(N)ncc1[N+](=O)[O-]. The summed E-state index contributed by atoms with van der Waals surface area (Å²) in [6.07, 6.45) is 1.03. The molecule has 0 aromatic carbocycles. The molecule has 0 aliphatic carbocycles. The van der Waals surface area contributed by atoms with Crippen molar-refractivity contribution < 1.29 is 9.72 Å². The molecular formula is C11H14N4O3S. The molecule has 2 N–H and O–H groups in total. The lowest BCUT2D eigenvalue weighted by Crippen LogP contribution is -2.44. The summed E-state index contributed by atoms with van der Waals surface area (Å²) in [5.74, 6) is 1.42. The van der Waals surface area contributed by atoms with Crippen molar-refractivity contribution in [1.29, 1.82) is 0 Å². The number of nitrogens with two attached hydrogens (primary N) is 1. The second kappa shape index (κ2) is 5.43. The highest BCUT2D eigenvalue weighted by Crippen LogP contribution is 2.24. The van der Waals surface area contributed by atoms with Crippen LogP contribution in [0.15, 0.2) is 12.3 Å². The maximum Gasteiger partial charge on any atom is 0.300 e. The van der Waals surface area contributed by atoms with Crippen molar-refractivity contribution in [2.75, 3.05) is 23.8 Å². The third-order valence-corrected chi connectivity index (χ3v) is 4.15. The van der Waals surface area contributed by atoms with Crippen molar-refractivity contribution in [2.45, 2.75) is 13.0 Å². The molecule has 0 bridgehead atoms. The molecule has 19 heavy (non-hydrogen) atoms. The number of anilines is 1. The number of carbonyl (C=O) groups is 1. The van der Waals surface area contributed by atoms with Gasteiger partial charge in [0.2, 0.25) is 0 Å². The Balaban J connectivity index is 2.37. The molecular weight excluding hydrogens is 268 g/mol. The van der Waals surface area contributed by atoms with E-state index >= 15 is 0 Å². The summed E-state index contributed by atoms with van der Waals surface area (Å²) in [7, 11) is 0. The van der Waals surface area contributed by atoms with Crippen molar-refractivity contribution in [2.24, 2.45) is 0 Å². The number of pyridine rings is 1.